The molecule has 2 rings (SSSR count). The third-order valence-electron chi connectivity index (χ3n) is 3.03. The van der Waals surface area contributed by atoms with Crippen molar-refractivity contribution in [3.05, 3.63) is 64.7 Å². The molecule has 0 aromatic heterocycles. The van der Waals surface area contributed by atoms with Crippen LogP contribution in [-0.4, -0.2) is 11.4 Å². The van der Waals surface area contributed by atoms with Crippen LogP contribution in [-0.2, 0) is 0 Å². The van der Waals surface area contributed by atoms with E-state index in [9.17, 15) is 13.9 Å². The first kappa shape index (κ1) is 14.0. The highest BCUT2D eigenvalue weighted by Gasteiger charge is 2.22. The van der Waals surface area contributed by atoms with Gasteiger partial charge in [0.05, 0.1) is 5.56 Å². The van der Waals surface area contributed by atoms with Crippen molar-refractivity contribution in [1.29, 1.82) is 0 Å². The molecule has 0 bridgehead atoms. The summed E-state index contributed by atoms with van der Waals surface area (Å²) < 4.78 is 27.8. The van der Waals surface area contributed by atoms with E-state index in [-0.39, 0.29) is 5.56 Å². The molecule has 1 N–H and O–H groups in total. The van der Waals surface area contributed by atoms with Gasteiger partial charge in [-0.15, -0.1) is 11.8 Å². The van der Waals surface area contributed by atoms with E-state index in [0.717, 1.165) is 4.90 Å². The molecule has 0 aliphatic heterocycles. The maximum Gasteiger partial charge on any atom is 0.135 e. The Morgan fingerprint density at radius 2 is 1.79 bits per heavy atom. The van der Waals surface area contributed by atoms with Crippen LogP contribution >= 0.6 is 11.8 Å². The second kappa shape index (κ2) is 5.72. The van der Waals surface area contributed by atoms with Gasteiger partial charge in [-0.1, -0.05) is 24.3 Å². The van der Waals surface area contributed by atoms with Crippen molar-refractivity contribution in [2.24, 2.45) is 0 Å². The van der Waals surface area contributed by atoms with Gasteiger partial charge in [0.15, 0.2) is 0 Å². The smallest absolute Gasteiger partial charge is 0.135 e. The highest BCUT2D eigenvalue weighted by atomic mass is 32.2. The van der Waals surface area contributed by atoms with Gasteiger partial charge in [0.1, 0.15) is 17.7 Å². The van der Waals surface area contributed by atoms with Gasteiger partial charge in [-0.05, 0) is 36.4 Å². The molecule has 0 amide bonds. The van der Waals surface area contributed by atoms with Crippen LogP contribution in [0.4, 0.5) is 8.78 Å². The molecule has 0 spiro atoms. The van der Waals surface area contributed by atoms with Crippen molar-refractivity contribution in [2.75, 3.05) is 6.26 Å². The highest BCUT2D eigenvalue weighted by molar-refractivity contribution is 7.98. The van der Waals surface area contributed by atoms with Gasteiger partial charge in [-0.2, -0.15) is 0 Å². The lowest BCUT2D eigenvalue weighted by Gasteiger charge is -2.17. The fourth-order valence-electron chi connectivity index (χ4n) is 1.98. The fraction of sp³-hybridized carbons (Fsp3) is 0.200. The van der Waals surface area contributed by atoms with Crippen molar-refractivity contribution >= 4 is 11.8 Å². The Labute approximate surface area is 115 Å². The normalized spacial score (nSPS) is 12.5. The molecule has 4 heteroatoms. The molecular formula is C15H14F2OS. The zero-order chi connectivity index (χ0) is 14.0. The van der Waals surface area contributed by atoms with Gasteiger partial charge < -0.3 is 5.11 Å². The number of halogens is 2. The van der Waals surface area contributed by atoms with Crippen LogP contribution in [0.25, 0.3) is 0 Å². The fourth-order valence-corrected chi connectivity index (χ4v) is 2.61. The van der Waals surface area contributed by atoms with Crippen LogP contribution in [0.1, 0.15) is 22.8 Å². The summed E-state index contributed by atoms with van der Waals surface area (Å²) in [5.41, 5.74) is 0.539. The SMILES string of the molecule is CSc1ccccc1C(O)c1c(F)ccc(C)c1F. The molecule has 1 atom stereocenters. The zero-order valence-electron chi connectivity index (χ0n) is 10.7. The molecular weight excluding hydrogens is 266 g/mol. The lowest BCUT2D eigenvalue weighted by molar-refractivity contribution is 0.206. The van der Waals surface area contributed by atoms with Crippen molar-refractivity contribution in [1.82, 2.24) is 0 Å². The number of aliphatic hydroxyl groups is 1. The average molecular weight is 280 g/mol. The van der Waals surface area contributed by atoms with E-state index in [0.29, 0.717) is 11.1 Å². The first-order valence-electron chi connectivity index (χ1n) is 5.81. The lowest BCUT2D eigenvalue weighted by atomic mass is 9.98. The second-order valence-corrected chi connectivity index (χ2v) is 5.08. The summed E-state index contributed by atoms with van der Waals surface area (Å²) in [6, 6.07) is 9.60. The average Bonchev–Trinajstić information content (AvgIpc) is 2.43. The molecule has 0 aliphatic rings. The van der Waals surface area contributed by atoms with Gasteiger partial charge in [0.2, 0.25) is 0 Å². The third-order valence-corrected chi connectivity index (χ3v) is 3.84. The molecule has 0 fully saturated rings. The van der Waals surface area contributed by atoms with Crippen LogP contribution in [0.15, 0.2) is 41.3 Å². The highest BCUT2D eigenvalue weighted by Crippen LogP contribution is 2.33. The predicted molar refractivity (Wildman–Crippen MR) is 73.4 cm³/mol. The van der Waals surface area contributed by atoms with Crippen molar-refractivity contribution < 1.29 is 13.9 Å². The van der Waals surface area contributed by atoms with E-state index in [4.69, 9.17) is 0 Å². The molecule has 0 radical (unpaired) electrons. The Morgan fingerprint density at radius 3 is 2.47 bits per heavy atom. The minimum atomic E-state index is -1.30. The summed E-state index contributed by atoms with van der Waals surface area (Å²) in [7, 11) is 0. The first-order chi connectivity index (χ1) is 9.06. The number of aryl methyl sites for hydroxylation is 1. The van der Waals surface area contributed by atoms with Crippen LogP contribution < -0.4 is 0 Å². The number of benzene rings is 2. The Kier molecular flexibility index (Phi) is 4.22. The predicted octanol–water partition coefficient (Wildman–Crippen LogP) is 4.08. The molecule has 2 aromatic carbocycles. The minimum absolute atomic E-state index is 0.290. The molecule has 2 aromatic rings. The second-order valence-electron chi connectivity index (χ2n) is 4.24. The number of rotatable bonds is 3. The minimum Gasteiger partial charge on any atom is -0.383 e. The van der Waals surface area contributed by atoms with E-state index in [1.807, 2.05) is 18.4 Å². The van der Waals surface area contributed by atoms with Gasteiger partial charge >= 0.3 is 0 Å². The summed E-state index contributed by atoms with van der Waals surface area (Å²) in [6.07, 6.45) is 0.553. The molecule has 0 aliphatic carbocycles. The first-order valence-corrected chi connectivity index (χ1v) is 7.04. The van der Waals surface area contributed by atoms with Gasteiger partial charge in [-0.3, -0.25) is 0 Å². The van der Waals surface area contributed by atoms with Crippen LogP contribution in [0.2, 0.25) is 0 Å². The van der Waals surface area contributed by atoms with Gasteiger partial charge in [-0.25, -0.2) is 8.78 Å². The van der Waals surface area contributed by atoms with Crippen LogP contribution in [0.5, 0.6) is 0 Å². The van der Waals surface area contributed by atoms with Crippen molar-refractivity contribution in [3.63, 3.8) is 0 Å². The van der Waals surface area contributed by atoms with Crippen molar-refractivity contribution in [2.45, 2.75) is 17.9 Å². The summed E-state index contributed by atoms with van der Waals surface area (Å²) in [6.45, 7) is 1.55. The van der Waals surface area contributed by atoms with Crippen molar-refractivity contribution in [3.8, 4) is 0 Å². The maximum absolute atomic E-state index is 14.0. The summed E-state index contributed by atoms with van der Waals surface area (Å²) in [5, 5.41) is 10.3. The van der Waals surface area contributed by atoms with E-state index in [2.05, 4.69) is 0 Å². The third kappa shape index (κ3) is 2.65. The van der Waals surface area contributed by atoms with Crippen LogP contribution in [0.3, 0.4) is 0 Å². The topological polar surface area (TPSA) is 20.2 Å². The van der Waals surface area contributed by atoms with E-state index < -0.39 is 17.7 Å². The summed E-state index contributed by atoms with van der Waals surface area (Å²) in [4.78, 5) is 0.801. The Morgan fingerprint density at radius 1 is 1.11 bits per heavy atom. The summed E-state index contributed by atoms with van der Waals surface area (Å²) >= 11 is 1.43. The summed E-state index contributed by atoms with van der Waals surface area (Å²) in [5.74, 6) is -1.42. The molecule has 100 valence electrons. The maximum atomic E-state index is 14.0. The number of hydrogen-bond donors (Lipinski definition) is 1. The molecule has 0 heterocycles. The molecule has 0 saturated carbocycles. The molecule has 1 unspecified atom stereocenters. The molecule has 19 heavy (non-hydrogen) atoms. The largest absolute Gasteiger partial charge is 0.383 e. The Balaban J connectivity index is 2.56. The Bertz CT molecular complexity index is 599. The molecule has 1 nitrogen and oxygen atoms in total. The monoisotopic (exact) mass is 280 g/mol. The lowest BCUT2D eigenvalue weighted by Crippen LogP contribution is -2.08. The Hall–Kier alpha value is -1.39. The quantitative estimate of drug-likeness (QED) is 0.855. The standard InChI is InChI=1S/C15H14F2OS/c1-9-7-8-11(16)13(14(9)17)15(18)10-5-3-4-6-12(10)19-2/h3-8,15,18H,1-2H3. The van der Waals surface area contributed by atoms with E-state index >= 15 is 0 Å². The van der Waals surface area contributed by atoms with Crippen LogP contribution in [0, 0.1) is 18.6 Å². The zero-order valence-corrected chi connectivity index (χ0v) is 11.5. The van der Waals surface area contributed by atoms with E-state index in [1.54, 1.807) is 19.1 Å². The van der Waals surface area contributed by atoms with Gasteiger partial charge in [0, 0.05) is 4.90 Å². The number of aliphatic hydroxyl groups excluding tert-OH is 1. The molecule has 0 saturated heterocycles. The number of thioether (sulfide) groups is 1. The van der Waals surface area contributed by atoms with E-state index in [1.165, 1.54) is 23.9 Å². The number of hydrogen-bond acceptors (Lipinski definition) is 2. The van der Waals surface area contributed by atoms with Gasteiger partial charge in [0.25, 0.3) is 0 Å².